The average molecular weight is 286 g/mol. The van der Waals surface area contributed by atoms with Gasteiger partial charge < -0.3 is 10.1 Å². The molecule has 0 saturated heterocycles. The summed E-state index contributed by atoms with van der Waals surface area (Å²) in [5, 5.41) is 8.11. The van der Waals surface area contributed by atoms with Crippen molar-refractivity contribution in [3.8, 4) is 0 Å². The Morgan fingerprint density at radius 1 is 1.14 bits per heavy atom. The van der Waals surface area contributed by atoms with Gasteiger partial charge in [-0.3, -0.25) is 5.32 Å². The summed E-state index contributed by atoms with van der Waals surface area (Å²) in [6.45, 7) is 6.23. The van der Waals surface area contributed by atoms with Crippen molar-refractivity contribution >= 4 is 22.6 Å². The molecule has 0 radical (unpaired) electrons. The van der Waals surface area contributed by atoms with Crippen LogP contribution in [0.3, 0.4) is 0 Å². The minimum absolute atomic E-state index is 0.434. The second-order valence-corrected chi connectivity index (χ2v) is 5.98. The van der Waals surface area contributed by atoms with Crippen LogP contribution in [0, 0.1) is 0 Å². The minimum Gasteiger partial charge on any atom is -0.444 e. The zero-order valence-electron chi connectivity index (χ0n) is 13.0. The van der Waals surface area contributed by atoms with Gasteiger partial charge in [-0.05, 0) is 38.8 Å². The number of benzene rings is 2. The SMILES string of the molecule is CNCc1ccc2ccccc2c1NC(=O)OC(C)(C)C. The summed E-state index contributed by atoms with van der Waals surface area (Å²) in [6.07, 6.45) is -0.434. The van der Waals surface area contributed by atoms with Crippen LogP contribution in [0.1, 0.15) is 26.3 Å². The van der Waals surface area contributed by atoms with Gasteiger partial charge in [0.05, 0.1) is 5.69 Å². The highest BCUT2D eigenvalue weighted by atomic mass is 16.6. The van der Waals surface area contributed by atoms with E-state index in [0.717, 1.165) is 22.0 Å². The maximum absolute atomic E-state index is 12.1. The van der Waals surface area contributed by atoms with E-state index in [9.17, 15) is 4.79 Å². The highest BCUT2D eigenvalue weighted by Crippen LogP contribution is 2.28. The molecular weight excluding hydrogens is 264 g/mol. The van der Waals surface area contributed by atoms with Gasteiger partial charge in [-0.1, -0.05) is 36.4 Å². The number of carbonyl (C=O) groups excluding carboxylic acids is 1. The van der Waals surface area contributed by atoms with E-state index in [2.05, 4.69) is 16.7 Å². The molecular formula is C17H22N2O2. The smallest absolute Gasteiger partial charge is 0.412 e. The Morgan fingerprint density at radius 2 is 1.86 bits per heavy atom. The molecule has 21 heavy (non-hydrogen) atoms. The minimum atomic E-state index is -0.516. The summed E-state index contributed by atoms with van der Waals surface area (Å²) in [4.78, 5) is 12.1. The highest BCUT2D eigenvalue weighted by molar-refractivity contribution is 6.01. The molecule has 4 heteroatoms. The van der Waals surface area contributed by atoms with Crippen molar-refractivity contribution in [2.45, 2.75) is 32.9 Å². The quantitative estimate of drug-likeness (QED) is 0.899. The molecule has 0 saturated carbocycles. The van der Waals surface area contributed by atoms with Gasteiger partial charge in [-0.15, -0.1) is 0 Å². The fourth-order valence-corrected chi connectivity index (χ4v) is 2.21. The van der Waals surface area contributed by atoms with Crippen LogP contribution in [0.4, 0.5) is 10.5 Å². The van der Waals surface area contributed by atoms with Gasteiger partial charge in [-0.2, -0.15) is 0 Å². The van der Waals surface area contributed by atoms with Crippen molar-refractivity contribution < 1.29 is 9.53 Å². The van der Waals surface area contributed by atoms with Crippen molar-refractivity contribution in [1.82, 2.24) is 5.32 Å². The zero-order valence-corrected chi connectivity index (χ0v) is 13.0. The molecule has 2 aromatic carbocycles. The molecule has 2 rings (SSSR count). The van der Waals surface area contributed by atoms with E-state index in [1.165, 1.54) is 0 Å². The third-order valence-electron chi connectivity index (χ3n) is 3.01. The zero-order chi connectivity index (χ0) is 15.5. The van der Waals surface area contributed by atoms with Gasteiger partial charge in [0.1, 0.15) is 5.60 Å². The molecule has 0 unspecified atom stereocenters. The molecule has 2 aromatic rings. The van der Waals surface area contributed by atoms with Crippen LogP contribution in [0.2, 0.25) is 0 Å². The summed E-state index contributed by atoms with van der Waals surface area (Å²) >= 11 is 0. The number of amides is 1. The number of anilines is 1. The molecule has 0 spiro atoms. The largest absolute Gasteiger partial charge is 0.444 e. The topological polar surface area (TPSA) is 50.4 Å². The Kier molecular flexibility index (Phi) is 4.48. The molecule has 0 aliphatic heterocycles. The summed E-state index contributed by atoms with van der Waals surface area (Å²) in [5.74, 6) is 0. The Labute approximate surface area is 125 Å². The maximum atomic E-state index is 12.1. The molecule has 112 valence electrons. The van der Waals surface area contributed by atoms with Crippen LogP contribution in [0.25, 0.3) is 10.8 Å². The van der Waals surface area contributed by atoms with E-state index < -0.39 is 11.7 Å². The number of ether oxygens (including phenoxy) is 1. The first kappa shape index (κ1) is 15.3. The summed E-state index contributed by atoms with van der Waals surface area (Å²) in [7, 11) is 1.88. The van der Waals surface area contributed by atoms with Gasteiger partial charge in [0.25, 0.3) is 0 Å². The van der Waals surface area contributed by atoms with E-state index in [1.54, 1.807) is 0 Å². The van der Waals surface area contributed by atoms with Crippen molar-refractivity contribution in [3.63, 3.8) is 0 Å². The van der Waals surface area contributed by atoms with Crippen LogP contribution in [-0.2, 0) is 11.3 Å². The first-order valence-corrected chi connectivity index (χ1v) is 7.06. The molecule has 2 N–H and O–H groups in total. The third-order valence-corrected chi connectivity index (χ3v) is 3.01. The summed E-state index contributed by atoms with van der Waals surface area (Å²) in [5.41, 5.74) is 1.32. The number of fused-ring (bicyclic) bond motifs is 1. The molecule has 0 aliphatic rings. The fraction of sp³-hybridized carbons (Fsp3) is 0.353. The lowest BCUT2D eigenvalue weighted by molar-refractivity contribution is 0.0636. The maximum Gasteiger partial charge on any atom is 0.412 e. The molecule has 0 aromatic heterocycles. The lowest BCUT2D eigenvalue weighted by Crippen LogP contribution is -2.27. The number of hydrogen-bond acceptors (Lipinski definition) is 3. The Hall–Kier alpha value is -2.07. The summed E-state index contributed by atoms with van der Waals surface area (Å²) in [6, 6.07) is 12.1. The van der Waals surface area contributed by atoms with Gasteiger partial charge in [-0.25, -0.2) is 4.79 Å². The van der Waals surface area contributed by atoms with Crippen molar-refractivity contribution in [2.24, 2.45) is 0 Å². The van der Waals surface area contributed by atoms with Crippen molar-refractivity contribution in [3.05, 3.63) is 42.0 Å². The predicted octanol–water partition coefficient (Wildman–Crippen LogP) is 3.91. The Bertz CT molecular complexity index is 645. The van der Waals surface area contributed by atoms with Crippen LogP contribution in [-0.4, -0.2) is 18.7 Å². The number of rotatable bonds is 3. The Morgan fingerprint density at radius 3 is 2.52 bits per heavy atom. The Balaban J connectivity index is 2.39. The first-order valence-electron chi connectivity index (χ1n) is 7.06. The monoisotopic (exact) mass is 286 g/mol. The normalized spacial score (nSPS) is 11.4. The van der Waals surface area contributed by atoms with E-state index >= 15 is 0 Å². The van der Waals surface area contributed by atoms with Crippen LogP contribution in [0.5, 0.6) is 0 Å². The molecule has 0 aliphatic carbocycles. The van der Waals surface area contributed by atoms with E-state index in [0.29, 0.717) is 6.54 Å². The second-order valence-electron chi connectivity index (χ2n) is 5.98. The number of hydrogen-bond donors (Lipinski definition) is 2. The van der Waals surface area contributed by atoms with Crippen molar-refractivity contribution in [2.75, 3.05) is 12.4 Å². The molecule has 0 bridgehead atoms. The first-order chi connectivity index (χ1) is 9.90. The fourth-order valence-electron chi connectivity index (χ4n) is 2.21. The van der Waals surface area contributed by atoms with Gasteiger partial charge in [0.2, 0.25) is 0 Å². The standard InChI is InChI=1S/C17H22N2O2/c1-17(2,3)21-16(20)19-15-13(11-18-4)10-9-12-7-5-6-8-14(12)15/h5-10,18H,11H2,1-4H3,(H,19,20). The van der Waals surface area contributed by atoms with Crippen LogP contribution in [0.15, 0.2) is 36.4 Å². The molecule has 1 amide bonds. The van der Waals surface area contributed by atoms with Crippen molar-refractivity contribution in [1.29, 1.82) is 0 Å². The summed E-state index contributed by atoms with van der Waals surface area (Å²) < 4.78 is 5.35. The average Bonchev–Trinajstić information content (AvgIpc) is 2.39. The van der Waals surface area contributed by atoms with E-state index in [-0.39, 0.29) is 0 Å². The molecule has 0 atom stereocenters. The van der Waals surface area contributed by atoms with E-state index in [1.807, 2.05) is 58.2 Å². The van der Waals surface area contributed by atoms with E-state index in [4.69, 9.17) is 4.74 Å². The lowest BCUT2D eigenvalue weighted by Gasteiger charge is -2.21. The number of nitrogens with one attached hydrogen (secondary N) is 2. The van der Waals surface area contributed by atoms with Gasteiger partial charge in [0, 0.05) is 11.9 Å². The second kappa shape index (κ2) is 6.14. The molecule has 0 fully saturated rings. The van der Waals surface area contributed by atoms with Gasteiger partial charge >= 0.3 is 6.09 Å². The van der Waals surface area contributed by atoms with Crippen LogP contribution >= 0.6 is 0 Å². The predicted molar refractivity (Wildman–Crippen MR) is 86.6 cm³/mol. The third kappa shape index (κ3) is 3.95. The van der Waals surface area contributed by atoms with Crippen LogP contribution < -0.4 is 10.6 Å². The number of carbonyl (C=O) groups is 1. The molecule has 0 heterocycles. The lowest BCUT2D eigenvalue weighted by atomic mass is 10.0. The van der Waals surface area contributed by atoms with Gasteiger partial charge in [0.15, 0.2) is 0 Å². The molecule has 4 nitrogen and oxygen atoms in total. The highest BCUT2D eigenvalue weighted by Gasteiger charge is 2.18.